The minimum absolute atomic E-state index is 0. The Morgan fingerprint density at radius 1 is 1.04 bits per heavy atom. The summed E-state index contributed by atoms with van der Waals surface area (Å²) in [6.45, 7) is 3.69. The summed E-state index contributed by atoms with van der Waals surface area (Å²) in [5.41, 5.74) is 2.17. The minimum atomic E-state index is -0.186. The van der Waals surface area contributed by atoms with E-state index in [2.05, 4.69) is 21.3 Å². The molecular weight excluding hydrogens is 352 g/mol. The summed E-state index contributed by atoms with van der Waals surface area (Å²) in [5.74, 6) is -0.373. The normalized spacial score (nSPS) is 20.0. The summed E-state index contributed by atoms with van der Waals surface area (Å²) in [5, 5.41) is 3.41. The number of halogens is 1. The lowest BCUT2D eigenvalue weighted by atomic mass is 10.1. The third-order valence-corrected chi connectivity index (χ3v) is 4.91. The van der Waals surface area contributed by atoms with Crippen LogP contribution in [0.4, 0.5) is 0 Å². The smallest absolute Gasteiger partial charge is 0.261 e. The molecule has 26 heavy (non-hydrogen) atoms. The zero-order valence-electron chi connectivity index (χ0n) is 14.3. The number of fused-ring (bicyclic) bond motifs is 1. The van der Waals surface area contributed by atoms with E-state index in [4.69, 9.17) is 0 Å². The summed E-state index contributed by atoms with van der Waals surface area (Å²) in [4.78, 5) is 32.9. The van der Waals surface area contributed by atoms with Gasteiger partial charge in [0.05, 0.1) is 11.1 Å². The number of carbonyl (C=O) groups is 2. The molecule has 1 N–H and O–H groups in total. The fourth-order valence-electron chi connectivity index (χ4n) is 3.59. The number of hydrogen-bond donors (Lipinski definition) is 1. The topological polar surface area (TPSA) is 65.5 Å². The lowest BCUT2D eigenvalue weighted by molar-refractivity contribution is 0.0614. The van der Waals surface area contributed by atoms with E-state index >= 15 is 0 Å². The largest absolute Gasteiger partial charge is 0.314 e. The van der Waals surface area contributed by atoms with Gasteiger partial charge in [0, 0.05) is 51.2 Å². The van der Waals surface area contributed by atoms with Crippen molar-refractivity contribution in [3.8, 4) is 0 Å². The van der Waals surface area contributed by atoms with Crippen molar-refractivity contribution in [2.45, 2.75) is 6.04 Å². The molecule has 0 aliphatic carbocycles. The number of nitrogens with one attached hydrogen (secondary N) is 1. The van der Waals surface area contributed by atoms with Crippen LogP contribution in [0.3, 0.4) is 0 Å². The summed E-state index contributed by atoms with van der Waals surface area (Å²) >= 11 is 0. The fraction of sp³-hybridized carbons (Fsp3) is 0.316. The number of rotatable bonds is 4. The van der Waals surface area contributed by atoms with E-state index in [-0.39, 0.29) is 30.3 Å². The van der Waals surface area contributed by atoms with Crippen LogP contribution >= 0.6 is 12.4 Å². The Morgan fingerprint density at radius 2 is 1.77 bits per heavy atom. The molecule has 0 saturated carbocycles. The third kappa shape index (κ3) is 3.35. The van der Waals surface area contributed by atoms with Crippen LogP contribution in [0.2, 0.25) is 0 Å². The zero-order valence-corrected chi connectivity index (χ0v) is 15.1. The van der Waals surface area contributed by atoms with E-state index in [0.717, 1.165) is 25.2 Å². The monoisotopic (exact) mass is 372 g/mol. The van der Waals surface area contributed by atoms with Gasteiger partial charge in [-0.2, -0.15) is 0 Å². The summed E-state index contributed by atoms with van der Waals surface area (Å²) in [6, 6.07) is 11.2. The number of aromatic nitrogens is 1. The van der Waals surface area contributed by atoms with Gasteiger partial charge >= 0.3 is 0 Å². The highest BCUT2D eigenvalue weighted by molar-refractivity contribution is 6.21. The number of hydrogen-bond acceptors (Lipinski definition) is 5. The first-order valence-corrected chi connectivity index (χ1v) is 8.55. The Morgan fingerprint density at radius 3 is 2.42 bits per heavy atom. The predicted molar refractivity (Wildman–Crippen MR) is 100 cm³/mol. The number of nitrogens with zero attached hydrogens (tertiary/aromatic N) is 3. The number of imide groups is 1. The second-order valence-corrected chi connectivity index (χ2v) is 6.35. The van der Waals surface area contributed by atoms with Crippen molar-refractivity contribution >= 4 is 24.2 Å². The Hall–Kier alpha value is -2.28. The number of carbonyl (C=O) groups excluding carboxylic acids is 2. The molecule has 1 saturated heterocycles. The van der Waals surface area contributed by atoms with Gasteiger partial charge in [-0.1, -0.05) is 18.2 Å². The van der Waals surface area contributed by atoms with Crippen LogP contribution in [0.25, 0.3) is 0 Å². The van der Waals surface area contributed by atoms with Crippen LogP contribution in [0, 0.1) is 0 Å². The van der Waals surface area contributed by atoms with E-state index in [1.807, 2.05) is 12.3 Å². The lowest BCUT2D eigenvalue weighted by Gasteiger charge is -2.37. The van der Waals surface area contributed by atoms with Gasteiger partial charge in [0.15, 0.2) is 0 Å². The third-order valence-electron chi connectivity index (χ3n) is 4.91. The maximum absolute atomic E-state index is 12.5. The quantitative estimate of drug-likeness (QED) is 0.828. The van der Waals surface area contributed by atoms with Gasteiger partial charge in [-0.15, -0.1) is 12.4 Å². The molecule has 1 unspecified atom stereocenters. The van der Waals surface area contributed by atoms with E-state index in [1.165, 1.54) is 4.90 Å². The predicted octanol–water partition coefficient (Wildman–Crippen LogP) is 1.75. The molecule has 2 aromatic rings. The van der Waals surface area contributed by atoms with Crippen LogP contribution < -0.4 is 5.32 Å². The molecule has 0 spiro atoms. The van der Waals surface area contributed by atoms with Gasteiger partial charge in [-0.25, -0.2) is 0 Å². The first-order valence-electron chi connectivity index (χ1n) is 8.55. The van der Waals surface area contributed by atoms with Gasteiger partial charge in [0.1, 0.15) is 0 Å². The van der Waals surface area contributed by atoms with Crippen LogP contribution in [0.5, 0.6) is 0 Å². The second-order valence-electron chi connectivity index (χ2n) is 6.35. The SMILES string of the molecule is Cl.O=C1c2ccccc2C(=O)N1CCN1CCNCC1c1cccnc1. The Labute approximate surface area is 158 Å². The molecule has 0 radical (unpaired) electrons. The van der Waals surface area contributed by atoms with Crippen molar-refractivity contribution in [2.24, 2.45) is 0 Å². The van der Waals surface area contributed by atoms with E-state index in [9.17, 15) is 9.59 Å². The number of pyridine rings is 1. The van der Waals surface area contributed by atoms with Crippen molar-refractivity contribution in [2.75, 3.05) is 32.7 Å². The second kappa shape index (κ2) is 7.95. The summed E-state index contributed by atoms with van der Waals surface area (Å²) < 4.78 is 0. The Kier molecular flexibility index (Phi) is 5.66. The highest BCUT2D eigenvalue weighted by Gasteiger charge is 2.35. The number of piperazine rings is 1. The average molecular weight is 373 g/mol. The molecule has 1 aromatic heterocycles. The molecular formula is C19H21ClN4O2. The molecule has 2 amide bonds. The number of benzene rings is 1. The van der Waals surface area contributed by atoms with Crippen molar-refractivity contribution in [3.05, 3.63) is 65.5 Å². The standard InChI is InChI=1S/C19H20N4O2.ClH/c24-18-15-5-1-2-6-16(15)19(25)23(18)11-10-22-9-8-21-13-17(22)14-4-3-7-20-12-14;/h1-7,12,17,21H,8-11,13H2;1H. The van der Waals surface area contributed by atoms with Gasteiger partial charge in [0.25, 0.3) is 11.8 Å². The van der Waals surface area contributed by atoms with Crippen molar-refractivity contribution in [3.63, 3.8) is 0 Å². The molecule has 1 fully saturated rings. The van der Waals surface area contributed by atoms with Crippen LogP contribution in [-0.4, -0.2) is 59.3 Å². The minimum Gasteiger partial charge on any atom is -0.314 e. The van der Waals surface area contributed by atoms with Gasteiger partial charge in [0.2, 0.25) is 0 Å². The van der Waals surface area contributed by atoms with Crippen LogP contribution in [-0.2, 0) is 0 Å². The molecule has 0 bridgehead atoms. The highest BCUT2D eigenvalue weighted by atomic mass is 35.5. The highest BCUT2D eigenvalue weighted by Crippen LogP contribution is 2.24. The maximum atomic E-state index is 12.5. The van der Waals surface area contributed by atoms with E-state index in [0.29, 0.717) is 24.2 Å². The van der Waals surface area contributed by atoms with Crippen molar-refractivity contribution in [1.29, 1.82) is 0 Å². The molecule has 2 aliphatic heterocycles. The average Bonchev–Trinajstić information content (AvgIpc) is 2.92. The van der Waals surface area contributed by atoms with Crippen molar-refractivity contribution in [1.82, 2.24) is 20.1 Å². The van der Waals surface area contributed by atoms with Crippen LogP contribution in [0.1, 0.15) is 32.3 Å². The molecule has 136 valence electrons. The van der Waals surface area contributed by atoms with Crippen LogP contribution in [0.15, 0.2) is 48.8 Å². The molecule has 7 heteroatoms. The first-order chi connectivity index (χ1) is 12.3. The molecule has 1 atom stereocenters. The molecule has 6 nitrogen and oxygen atoms in total. The zero-order chi connectivity index (χ0) is 17.2. The first kappa shape index (κ1) is 18.5. The molecule has 1 aromatic carbocycles. The fourth-order valence-corrected chi connectivity index (χ4v) is 3.59. The Bertz CT molecular complexity index is 764. The summed E-state index contributed by atoms with van der Waals surface area (Å²) in [6.07, 6.45) is 3.65. The van der Waals surface area contributed by atoms with Crippen molar-refractivity contribution < 1.29 is 9.59 Å². The van der Waals surface area contributed by atoms with Gasteiger partial charge in [-0.3, -0.25) is 24.4 Å². The molecule has 4 rings (SSSR count). The van der Waals surface area contributed by atoms with Gasteiger partial charge < -0.3 is 5.32 Å². The lowest BCUT2D eigenvalue weighted by Crippen LogP contribution is -2.49. The molecule has 2 aliphatic rings. The Balaban J connectivity index is 0.00000196. The summed E-state index contributed by atoms with van der Waals surface area (Å²) in [7, 11) is 0. The molecule has 3 heterocycles. The maximum Gasteiger partial charge on any atom is 0.261 e. The van der Waals surface area contributed by atoms with E-state index < -0.39 is 0 Å². The van der Waals surface area contributed by atoms with Gasteiger partial charge in [-0.05, 0) is 23.8 Å². The van der Waals surface area contributed by atoms with E-state index in [1.54, 1.807) is 30.5 Å². The number of amides is 2.